The number of amides is 1. The molecule has 1 atom stereocenters. The Kier molecular flexibility index (Phi) is 7.22. The summed E-state index contributed by atoms with van der Waals surface area (Å²) >= 11 is 0. The van der Waals surface area contributed by atoms with Gasteiger partial charge in [0.25, 0.3) is 5.91 Å². The average Bonchev–Trinajstić information content (AvgIpc) is 3.54. The number of hydrogen-bond acceptors (Lipinski definition) is 8. The van der Waals surface area contributed by atoms with E-state index in [0.717, 1.165) is 23.7 Å². The molecule has 0 bridgehead atoms. The lowest BCUT2D eigenvalue weighted by molar-refractivity contribution is 0.0393. The first-order valence-electron chi connectivity index (χ1n) is 9.92. The lowest BCUT2D eigenvalue weighted by atomic mass is 10.2. The van der Waals surface area contributed by atoms with Crippen LogP contribution in [0.1, 0.15) is 30.1 Å². The summed E-state index contributed by atoms with van der Waals surface area (Å²) in [5.41, 5.74) is 7.41. The zero-order chi connectivity index (χ0) is 20.2. The Morgan fingerprint density at radius 1 is 1.40 bits per heavy atom. The molecular weight excluding hydrogens is 404 g/mol. The molecule has 4 rings (SSSR count). The number of nitrogens with zero attached hydrogens (tertiary/aromatic N) is 2. The smallest absolute Gasteiger partial charge is 0.254 e. The topological polar surface area (TPSA) is 123 Å². The van der Waals surface area contributed by atoms with Gasteiger partial charge in [-0.25, -0.2) is 4.98 Å². The first-order chi connectivity index (χ1) is 14.1. The van der Waals surface area contributed by atoms with E-state index in [4.69, 9.17) is 15.2 Å². The Balaban J connectivity index is 0.00000256. The first kappa shape index (κ1) is 22.0. The minimum Gasteiger partial charge on any atom is -0.489 e. The molecular formula is C20H28N6O3S. The minimum absolute atomic E-state index is 0. The third kappa shape index (κ3) is 5.45. The number of carbonyl (C=O) groups excluding carboxylic acids is 1. The number of rotatable bonds is 8. The standard InChI is InChI=1S/C20H26N6O3.H2S/c1-2-28-14-9-22-16-7-13(5-6-17(16)29-11-14)25-20-24-10-15(18(21)27)19(26-20)23-8-12-3-4-12;/h5-7,10,12,14,22H,2-4,8-9,11H2,1H3,(H2,21,27)(H2,23,24,25,26);1H2/t14-;/m0./s1. The van der Waals surface area contributed by atoms with Gasteiger partial charge in [0.05, 0.1) is 11.3 Å². The summed E-state index contributed by atoms with van der Waals surface area (Å²) in [7, 11) is 0. The van der Waals surface area contributed by atoms with Gasteiger partial charge in [-0.15, -0.1) is 0 Å². The van der Waals surface area contributed by atoms with Crippen LogP contribution in [-0.2, 0) is 4.74 Å². The number of nitrogens with two attached hydrogens (primary N) is 1. The van der Waals surface area contributed by atoms with Gasteiger partial charge in [0.1, 0.15) is 24.3 Å². The number of carbonyl (C=O) groups is 1. The summed E-state index contributed by atoms with van der Waals surface area (Å²) < 4.78 is 11.5. The van der Waals surface area contributed by atoms with Gasteiger partial charge in [0.15, 0.2) is 0 Å². The SMILES string of the molecule is CCO[C@H]1CNc2cc(Nc3ncc(C(N)=O)c(NCC4CC4)n3)ccc2OC1.S. The van der Waals surface area contributed by atoms with E-state index in [0.29, 0.717) is 37.4 Å². The van der Waals surface area contributed by atoms with E-state index in [1.54, 1.807) is 0 Å². The largest absolute Gasteiger partial charge is 0.489 e. The molecule has 1 aliphatic carbocycles. The number of fused-ring (bicyclic) bond motifs is 1. The van der Waals surface area contributed by atoms with Gasteiger partial charge in [-0.1, -0.05) is 0 Å². The molecule has 2 heterocycles. The summed E-state index contributed by atoms with van der Waals surface area (Å²) in [5, 5.41) is 9.76. The van der Waals surface area contributed by atoms with Gasteiger partial charge in [-0.2, -0.15) is 18.5 Å². The molecule has 0 unspecified atom stereocenters. The quantitative estimate of drug-likeness (QED) is 0.502. The second-order valence-electron chi connectivity index (χ2n) is 7.25. The molecule has 10 heteroatoms. The van der Waals surface area contributed by atoms with Crippen LogP contribution in [0.15, 0.2) is 24.4 Å². The van der Waals surface area contributed by atoms with Crippen LogP contribution in [0.3, 0.4) is 0 Å². The van der Waals surface area contributed by atoms with E-state index in [1.165, 1.54) is 19.0 Å². The Hall–Kier alpha value is -2.72. The Morgan fingerprint density at radius 2 is 2.23 bits per heavy atom. The lowest BCUT2D eigenvalue weighted by Crippen LogP contribution is -2.27. The van der Waals surface area contributed by atoms with Gasteiger partial charge < -0.3 is 31.2 Å². The van der Waals surface area contributed by atoms with Crippen molar-refractivity contribution in [1.29, 1.82) is 0 Å². The van der Waals surface area contributed by atoms with Crippen LogP contribution in [0, 0.1) is 5.92 Å². The Morgan fingerprint density at radius 3 is 2.97 bits per heavy atom. The number of benzene rings is 1. The molecule has 2 aromatic rings. The third-order valence-electron chi connectivity index (χ3n) is 4.89. The van der Waals surface area contributed by atoms with Crippen LogP contribution < -0.4 is 26.4 Å². The molecule has 1 fully saturated rings. The predicted molar refractivity (Wildman–Crippen MR) is 121 cm³/mol. The molecule has 5 N–H and O–H groups in total. The van der Waals surface area contributed by atoms with Gasteiger partial charge in [-0.05, 0) is 43.9 Å². The molecule has 1 saturated carbocycles. The molecule has 0 radical (unpaired) electrons. The number of primary amides is 1. The highest BCUT2D eigenvalue weighted by atomic mass is 32.1. The monoisotopic (exact) mass is 432 g/mol. The Bertz CT molecular complexity index is 893. The molecule has 2 aliphatic rings. The fourth-order valence-electron chi connectivity index (χ4n) is 3.13. The molecule has 1 amide bonds. The molecule has 1 aromatic carbocycles. The van der Waals surface area contributed by atoms with Crippen molar-refractivity contribution in [3.63, 3.8) is 0 Å². The van der Waals surface area contributed by atoms with Crippen LogP contribution in [0.2, 0.25) is 0 Å². The van der Waals surface area contributed by atoms with Crippen molar-refractivity contribution in [2.75, 3.05) is 42.3 Å². The van der Waals surface area contributed by atoms with Crippen molar-refractivity contribution in [1.82, 2.24) is 9.97 Å². The van der Waals surface area contributed by atoms with Gasteiger partial charge >= 0.3 is 0 Å². The zero-order valence-electron chi connectivity index (χ0n) is 16.9. The van der Waals surface area contributed by atoms with Crippen LogP contribution in [-0.4, -0.2) is 48.3 Å². The number of anilines is 4. The molecule has 0 saturated heterocycles. The maximum Gasteiger partial charge on any atom is 0.254 e. The van der Waals surface area contributed by atoms with Crippen LogP contribution in [0.4, 0.5) is 23.1 Å². The van der Waals surface area contributed by atoms with Gasteiger partial charge in [0.2, 0.25) is 5.95 Å². The molecule has 1 aliphatic heterocycles. The summed E-state index contributed by atoms with van der Waals surface area (Å²) in [6.45, 7) is 4.57. The zero-order valence-corrected chi connectivity index (χ0v) is 17.9. The van der Waals surface area contributed by atoms with Crippen molar-refractivity contribution >= 4 is 42.5 Å². The van der Waals surface area contributed by atoms with E-state index in [1.807, 2.05) is 25.1 Å². The van der Waals surface area contributed by atoms with Crippen molar-refractivity contribution in [2.24, 2.45) is 11.7 Å². The predicted octanol–water partition coefficient (Wildman–Crippen LogP) is 2.46. The number of nitrogens with one attached hydrogen (secondary N) is 3. The van der Waals surface area contributed by atoms with Crippen molar-refractivity contribution in [2.45, 2.75) is 25.9 Å². The Labute approximate surface area is 182 Å². The number of aromatic nitrogens is 2. The van der Waals surface area contributed by atoms with Gasteiger partial charge in [0, 0.05) is 31.6 Å². The highest BCUT2D eigenvalue weighted by Gasteiger charge is 2.22. The average molecular weight is 433 g/mol. The highest BCUT2D eigenvalue weighted by Crippen LogP contribution is 2.32. The fourth-order valence-corrected chi connectivity index (χ4v) is 3.13. The molecule has 162 valence electrons. The first-order valence-corrected chi connectivity index (χ1v) is 9.92. The maximum atomic E-state index is 11.7. The second-order valence-corrected chi connectivity index (χ2v) is 7.25. The summed E-state index contributed by atoms with van der Waals surface area (Å²) in [4.78, 5) is 20.3. The normalized spacial score (nSPS) is 17.4. The minimum atomic E-state index is -0.551. The van der Waals surface area contributed by atoms with Crippen LogP contribution >= 0.6 is 13.5 Å². The molecule has 9 nitrogen and oxygen atoms in total. The van der Waals surface area contributed by atoms with E-state index in [2.05, 4.69) is 25.9 Å². The van der Waals surface area contributed by atoms with Gasteiger partial charge in [-0.3, -0.25) is 4.79 Å². The molecule has 0 spiro atoms. The number of hydrogen-bond donors (Lipinski definition) is 4. The summed E-state index contributed by atoms with van der Waals surface area (Å²) in [6.07, 6.45) is 3.85. The van der Waals surface area contributed by atoms with Crippen molar-refractivity contribution in [3.05, 3.63) is 30.0 Å². The van der Waals surface area contributed by atoms with E-state index in [-0.39, 0.29) is 25.2 Å². The summed E-state index contributed by atoms with van der Waals surface area (Å²) in [6, 6.07) is 5.72. The lowest BCUT2D eigenvalue weighted by Gasteiger charge is -2.13. The maximum absolute atomic E-state index is 11.7. The van der Waals surface area contributed by atoms with Crippen LogP contribution in [0.5, 0.6) is 5.75 Å². The van der Waals surface area contributed by atoms with E-state index >= 15 is 0 Å². The second kappa shape index (κ2) is 9.86. The van der Waals surface area contributed by atoms with E-state index in [9.17, 15) is 4.79 Å². The van der Waals surface area contributed by atoms with Crippen molar-refractivity contribution in [3.8, 4) is 5.75 Å². The fraction of sp³-hybridized carbons (Fsp3) is 0.450. The van der Waals surface area contributed by atoms with Crippen LogP contribution in [0.25, 0.3) is 0 Å². The highest BCUT2D eigenvalue weighted by molar-refractivity contribution is 7.59. The van der Waals surface area contributed by atoms with Crippen molar-refractivity contribution < 1.29 is 14.3 Å². The number of ether oxygens (including phenoxy) is 2. The summed E-state index contributed by atoms with van der Waals surface area (Å²) in [5.74, 6) is 1.70. The van der Waals surface area contributed by atoms with E-state index < -0.39 is 5.91 Å². The molecule has 1 aromatic heterocycles. The third-order valence-corrected chi connectivity index (χ3v) is 4.89. The molecule has 30 heavy (non-hydrogen) atoms.